The van der Waals surface area contributed by atoms with Crippen LogP contribution in [0.5, 0.6) is 5.75 Å². The summed E-state index contributed by atoms with van der Waals surface area (Å²) >= 11 is 0. The molecule has 10 heteroatoms. The highest BCUT2D eigenvalue weighted by Crippen LogP contribution is 2.30. The molecule has 10 nitrogen and oxygen atoms in total. The number of aliphatic imine (C=N–C) groups is 3. The van der Waals surface area contributed by atoms with E-state index in [0.717, 1.165) is 49.0 Å². The van der Waals surface area contributed by atoms with Gasteiger partial charge in [0.1, 0.15) is 36.3 Å². The summed E-state index contributed by atoms with van der Waals surface area (Å²) in [5.74, 6) is 1.70. The Labute approximate surface area is 209 Å². The van der Waals surface area contributed by atoms with Gasteiger partial charge in [0.15, 0.2) is 6.17 Å². The van der Waals surface area contributed by atoms with Crippen LogP contribution in [0.2, 0.25) is 0 Å². The van der Waals surface area contributed by atoms with Crippen molar-refractivity contribution in [1.82, 2.24) is 20.1 Å². The zero-order valence-corrected chi connectivity index (χ0v) is 20.3. The molecule has 3 aliphatic heterocycles. The second kappa shape index (κ2) is 9.50. The van der Waals surface area contributed by atoms with E-state index in [1.807, 2.05) is 42.6 Å². The number of pyridine rings is 1. The third-order valence-electron chi connectivity index (χ3n) is 7.56. The number of carbonyl (C=O) groups is 1. The molecule has 2 aromatic rings. The monoisotopic (exact) mass is 489 g/mol. The molecule has 188 valence electrons. The lowest BCUT2D eigenvalue weighted by Crippen LogP contribution is -2.49. The topological polar surface area (TPSA) is 115 Å². The minimum Gasteiger partial charge on any atom is -0.491 e. The predicted octanol–water partition coefficient (Wildman–Crippen LogP) is 1.69. The van der Waals surface area contributed by atoms with Crippen molar-refractivity contribution in [3.05, 3.63) is 36.0 Å². The van der Waals surface area contributed by atoms with Gasteiger partial charge >= 0.3 is 0 Å². The molecule has 0 spiro atoms. The molecule has 1 saturated heterocycles. The molecule has 4 heterocycles. The Morgan fingerprint density at radius 2 is 2.11 bits per heavy atom. The molecular weight excluding hydrogens is 458 g/mol. The lowest BCUT2D eigenvalue weighted by molar-refractivity contribution is 0.0420. The fourth-order valence-corrected chi connectivity index (χ4v) is 5.48. The Morgan fingerprint density at radius 3 is 2.97 bits per heavy atom. The number of ether oxygens (including phenoxy) is 1. The van der Waals surface area contributed by atoms with Gasteiger partial charge < -0.3 is 25.0 Å². The number of aliphatic hydroxyl groups is 1. The highest BCUT2D eigenvalue weighted by atomic mass is 16.5. The van der Waals surface area contributed by atoms with Crippen molar-refractivity contribution in [3.63, 3.8) is 0 Å². The van der Waals surface area contributed by atoms with E-state index in [9.17, 15) is 9.90 Å². The summed E-state index contributed by atoms with van der Waals surface area (Å²) < 4.78 is 6.39. The molecule has 0 bridgehead atoms. The number of amidine groups is 1. The maximum absolute atomic E-state index is 12.9. The van der Waals surface area contributed by atoms with E-state index in [1.165, 1.54) is 0 Å². The zero-order valence-electron chi connectivity index (χ0n) is 20.3. The van der Waals surface area contributed by atoms with Gasteiger partial charge in [-0.2, -0.15) is 0 Å². The Kier molecular flexibility index (Phi) is 6.04. The first-order valence-corrected chi connectivity index (χ1v) is 12.7. The molecule has 36 heavy (non-hydrogen) atoms. The van der Waals surface area contributed by atoms with Crippen molar-refractivity contribution >= 4 is 35.3 Å². The fourth-order valence-electron chi connectivity index (χ4n) is 5.48. The molecule has 1 aromatic carbocycles. The average molecular weight is 490 g/mol. The third kappa shape index (κ3) is 4.30. The number of hydrogen-bond acceptors (Lipinski definition) is 9. The minimum absolute atomic E-state index is 0.0342. The van der Waals surface area contributed by atoms with Gasteiger partial charge in [-0.25, -0.2) is 15.0 Å². The first kappa shape index (κ1) is 22.9. The number of nitrogens with zero attached hydrogens (tertiary/aromatic N) is 6. The minimum atomic E-state index is -0.236. The SMILES string of the molecule is CN1C=NC2C(N3CCC[C@@H]3COc3cc(C(=O)NCC4CC(O)C4)nc4ccccc34)=NC=NC21. The molecule has 3 atom stereocenters. The van der Waals surface area contributed by atoms with Crippen LogP contribution in [0.4, 0.5) is 0 Å². The molecule has 4 aliphatic rings. The van der Waals surface area contributed by atoms with Crippen LogP contribution in [0.15, 0.2) is 45.3 Å². The average Bonchev–Trinajstić information content (AvgIpc) is 3.50. The number of likely N-dealkylation sites (N-methyl/N-ethyl adjacent to an activating group) is 1. The van der Waals surface area contributed by atoms with Crippen molar-refractivity contribution in [3.8, 4) is 5.75 Å². The molecule has 1 aromatic heterocycles. The molecule has 2 N–H and O–H groups in total. The quantitative estimate of drug-likeness (QED) is 0.638. The van der Waals surface area contributed by atoms with Crippen LogP contribution in [0.1, 0.15) is 36.2 Å². The van der Waals surface area contributed by atoms with E-state index >= 15 is 0 Å². The van der Waals surface area contributed by atoms with Crippen LogP contribution in [0.25, 0.3) is 10.9 Å². The van der Waals surface area contributed by atoms with E-state index in [1.54, 1.807) is 12.4 Å². The van der Waals surface area contributed by atoms with Crippen molar-refractivity contribution in [2.75, 3.05) is 26.7 Å². The van der Waals surface area contributed by atoms with Gasteiger partial charge in [-0.15, -0.1) is 0 Å². The van der Waals surface area contributed by atoms with Gasteiger partial charge in [0.2, 0.25) is 0 Å². The largest absolute Gasteiger partial charge is 0.491 e. The Bertz CT molecular complexity index is 1240. The van der Waals surface area contributed by atoms with E-state index in [4.69, 9.17) is 4.74 Å². The number of para-hydroxylation sites is 1. The van der Waals surface area contributed by atoms with Crippen LogP contribution in [-0.4, -0.2) is 95.4 Å². The van der Waals surface area contributed by atoms with Gasteiger partial charge in [0, 0.05) is 31.6 Å². The number of amides is 1. The predicted molar refractivity (Wildman–Crippen MR) is 138 cm³/mol. The second-order valence-corrected chi connectivity index (χ2v) is 10.1. The first-order valence-electron chi connectivity index (χ1n) is 12.7. The molecular formula is C26H31N7O3. The molecule has 2 fully saturated rings. The lowest BCUT2D eigenvalue weighted by Gasteiger charge is -2.33. The summed E-state index contributed by atoms with van der Waals surface area (Å²) in [6.07, 6.45) is 6.73. The van der Waals surface area contributed by atoms with Gasteiger partial charge in [-0.1, -0.05) is 12.1 Å². The highest BCUT2D eigenvalue weighted by molar-refractivity contribution is 5.98. The van der Waals surface area contributed by atoms with Crippen molar-refractivity contribution in [2.45, 2.75) is 50.0 Å². The molecule has 2 unspecified atom stereocenters. The number of carbonyl (C=O) groups excluding carboxylic acids is 1. The zero-order chi connectivity index (χ0) is 24.6. The van der Waals surface area contributed by atoms with Gasteiger partial charge in [-0.3, -0.25) is 9.79 Å². The van der Waals surface area contributed by atoms with E-state index in [-0.39, 0.29) is 30.3 Å². The van der Waals surface area contributed by atoms with Gasteiger partial charge in [-0.05, 0) is 43.7 Å². The number of nitrogens with one attached hydrogen (secondary N) is 1. The molecule has 1 amide bonds. The molecule has 0 radical (unpaired) electrons. The second-order valence-electron chi connectivity index (χ2n) is 10.1. The Balaban J connectivity index is 1.18. The summed E-state index contributed by atoms with van der Waals surface area (Å²) in [5.41, 5.74) is 1.06. The fraction of sp³-hybridized carbons (Fsp3) is 0.500. The van der Waals surface area contributed by atoms with Crippen molar-refractivity contribution in [2.24, 2.45) is 20.9 Å². The van der Waals surface area contributed by atoms with Gasteiger partial charge in [0.05, 0.1) is 24.0 Å². The first-order chi connectivity index (χ1) is 17.6. The Hall–Kier alpha value is -3.53. The lowest BCUT2D eigenvalue weighted by atomic mass is 9.82. The maximum Gasteiger partial charge on any atom is 0.270 e. The normalized spacial score (nSPS) is 28.7. The van der Waals surface area contributed by atoms with E-state index < -0.39 is 0 Å². The number of hydrogen-bond donors (Lipinski definition) is 2. The summed E-state index contributed by atoms with van der Waals surface area (Å²) in [5, 5.41) is 13.3. The van der Waals surface area contributed by atoms with Crippen LogP contribution in [-0.2, 0) is 0 Å². The van der Waals surface area contributed by atoms with E-state index in [2.05, 4.69) is 30.2 Å². The van der Waals surface area contributed by atoms with Crippen LogP contribution < -0.4 is 10.1 Å². The molecule has 1 saturated carbocycles. The number of rotatable bonds is 6. The number of fused-ring (bicyclic) bond motifs is 2. The maximum atomic E-state index is 12.9. The molecule has 1 aliphatic carbocycles. The van der Waals surface area contributed by atoms with Crippen molar-refractivity contribution < 1.29 is 14.6 Å². The van der Waals surface area contributed by atoms with Crippen LogP contribution >= 0.6 is 0 Å². The van der Waals surface area contributed by atoms with Crippen LogP contribution in [0.3, 0.4) is 0 Å². The summed E-state index contributed by atoms with van der Waals surface area (Å²) in [6, 6.07) is 9.54. The number of aliphatic hydroxyl groups excluding tert-OH is 1. The highest BCUT2D eigenvalue weighted by Gasteiger charge is 2.40. The number of aromatic nitrogens is 1. The number of benzene rings is 1. The number of likely N-dealkylation sites (tertiary alicyclic amines) is 1. The smallest absolute Gasteiger partial charge is 0.270 e. The van der Waals surface area contributed by atoms with Crippen LogP contribution in [0, 0.1) is 5.92 Å². The summed E-state index contributed by atoms with van der Waals surface area (Å²) in [4.78, 5) is 35.5. The molecule has 6 rings (SSSR count). The summed E-state index contributed by atoms with van der Waals surface area (Å²) in [6.45, 7) is 1.93. The van der Waals surface area contributed by atoms with Gasteiger partial charge in [0.25, 0.3) is 5.91 Å². The summed E-state index contributed by atoms with van der Waals surface area (Å²) in [7, 11) is 1.98. The van der Waals surface area contributed by atoms with Crippen molar-refractivity contribution in [1.29, 1.82) is 0 Å². The standard InChI is InChI=1S/C26H31N7O3/c1-32-15-30-23-24(32)28-14-29-25(23)33-8-4-5-17(33)13-36-22-11-21(31-20-7-3-2-6-19(20)22)26(35)27-12-16-9-18(34)10-16/h2-3,6-7,11,14-18,23-24,34H,4-5,8-10,12-13H2,1H3,(H,27,35)/t16?,17-,18?,23?,24?/m1/s1. The Morgan fingerprint density at radius 1 is 1.25 bits per heavy atom. The van der Waals surface area contributed by atoms with E-state index in [0.29, 0.717) is 30.5 Å². The third-order valence-corrected chi connectivity index (χ3v) is 7.56.